The van der Waals surface area contributed by atoms with Gasteiger partial charge in [0.05, 0.1) is 11.5 Å². The van der Waals surface area contributed by atoms with Crippen molar-refractivity contribution >= 4 is 33.4 Å². The molecule has 7 rings (SSSR count). The molecule has 2 aromatic rings. The third-order valence-corrected chi connectivity index (χ3v) is 8.64. The maximum absolute atomic E-state index is 14.4. The van der Waals surface area contributed by atoms with Gasteiger partial charge in [0.25, 0.3) is 0 Å². The first-order valence-electron chi connectivity index (χ1n) is 11.6. The van der Waals surface area contributed by atoms with E-state index in [0.717, 1.165) is 34.9 Å². The number of carbonyl (C=O) groups excluding carboxylic acids is 2. The number of nitrogens with one attached hydrogen (secondary N) is 1. The van der Waals surface area contributed by atoms with Gasteiger partial charge in [-0.1, -0.05) is 28.1 Å². The molecule has 1 atom stereocenters. The van der Waals surface area contributed by atoms with Gasteiger partial charge >= 0.3 is 0 Å². The zero-order valence-electron chi connectivity index (χ0n) is 17.8. The Morgan fingerprint density at radius 3 is 2.25 bits per heavy atom. The van der Waals surface area contributed by atoms with Crippen LogP contribution in [0.5, 0.6) is 0 Å². The summed E-state index contributed by atoms with van der Waals surface area (Å²) in [5.41, 5.74) is 2.02. The molecule has 0 radical (unpaired) electrons. The number of rotatable bonds is 2. The van der Waals surface area contributed by atoms with Crippen molar-refractivity contribution in [1.82, 2.24) is 4.90 Å². The molecular formula is C26H26BrFN2O2. The molecule has 4 nitrogen and oxygen atoms in total. The maximum atomic E-state index is 14.4. The minimum absolute atomic E-state index is 0.00885. The normalized spacial score (nSPS) is 32.9. The fourth-order valence-electron chi connectivity index (χ4n) is 7.35. The summed E-state index contributed by atoms with van der Waals surface area (Å²) in [6, 6.07) is 11.6. The van der Waals surface area contributed by atoms with Crippen molar-refractivity contribution in [3.05, 3.63) is 63.9 Å². The summed E-state index contributed by atoms with van der Waals surface area (Å²) in [6.45, 7) is 0.00885. The fourth-order valence-corrected chi connectivity index (χ4v) is 7.73. The molecule has 6 heteroatoms. The van der Waals surface area contributed by atoms with E-state index < -0.39 is 6.04 Å². The average molecular weight is 497 g/mol. The standard InChI is InChI=1S/C26H26BrFN2O2/c27-19-3-6-22-21(10-19)24(18-1-4-20(28)5-2-18)30(14-23(31)29-22)25(32)26-11-15-7-16(12-26)9-17(8-15)13-26/h1-6,10,15-17,24H,7-9,11-14H2,(H,29,31). The first-order chi connectivity index (χ1) is 15.4. The van der Waals surface area contributed by atoms with Crippen LogP contribution in [0.15, 0.2) is 46.9 Å². The van der Waals surface area contributed by atoms with Crippen LogP contribution in [0.3, 0.4) is 0 Å². The molecule has 1 N–H and O–H groups in total. The van der Waals surface area contributed by atoms with Gasteiger partial charge in [0.15, 0.2) is 0 Å². The fraction of sp³-hybridized carbons (Fsp3) is 0.462. The molecule has 4 aliphatic carbocycles. The van der Waals surface area contributed by atoms with Gasteiger partial charge in [0.1, 0.15) is 12.4 Å². The molecule has 2 amide bonds. The van der Waals surface area contributed by atoms with Crippen LogP contribution in [-0.4, -0.2) is 23.3 Å². The highest BCUT2D eigenvalue weighted by Crippen LogP contribution is 2.61. The van der Waals surface area contributed by atoms with Crippen LogP contribution in [-0.2, 0) is 9.59 Å². The van der Waals surface area contributed by atoms with Crippen LogP contribution in [0.4, 0.5) is 10.1 Å². The average Bonchev–Trinajstić information content (AvgIpc) is 2.88. The first-order valence-corrected chi connectivity index (χ1v) is 12.4. The highest BCUT2D eigenvalue weighted by Gasteiger charge is 2.56. The van der Waals surface area contributed by atoms with Gasteiger partial charge in [-0.3, -0.25) is 9.59 Å². The lowest BCUT2D eigenvalue weighted by atomic mass is 9.49. The molecule has 32 heavy (non-hydrogen) atoms. The molecule has 0 saturated heterocycles. The van der Waals surface area contributed by atoms with E-state index in [-0.39, 0.29) is 29.6 Å². The van der Waals surface area contributed by atoms with Gasteiger partial charge < -0.3 is 10.2 Å². The maximum Gasteiger partial charge on any atom is 0.244 e. The van der Waals surface area contributed by atoms with E-state index in [0.29, 0.717) is 23.4 Å². The van der Waals surface area contributed by atoms with Crippen molar-refractivity contribution in [3.8, 4) is 0 Å². The van der Waals surface area contributed by atoms with Gasteiger partial charge in [-0.2, -0.15) is 0 Å². The monoisotopic (exact) mass is 496 g/mol. The first kappa shape index (κ1) is 20.4. The Morgan fingerprint density at radius 1 is 1.00 bits per heavy atom. The van der Waals surface area contributed by atoms with E-state index in [9.17, 15) is 14.0 Å². The van der Waals surface area contributed by atoms with Crippen molar-refractivity contribution in [1.29, 1.82) is 0 Å². The van der Waals surface area contributed by atoms with Gasteiger partial charge in [-0.05, 0) is 92.2 Å². The van der Waals surface area contributed by atoms with Crippen molar-refractivity contribution in [2.75, 3.05) is 11.9 Å². The topological polar surface area (TPSA) is 49.4 Å². The van der Waals surface area contributed by atoms with Crippen molar-refractivity contribution in [3.63, 3.8) is 0 Å². The van der Waals surface area contributed by atoms with Crippen LogP contribution in [0.25, 0.3) is 0 Å². The molecule has 0 aromatic heterocycles. The lowest BCUT2D eigenvalue weighted by molar-refractivity contribution is -0.160. The highest BCUT2D eigenvalue weighted by molar-refractivity contribution is 9.10. The van der Waals surface area contributed by atoms with Crippen LogP contribution in [0.1, 0.15) is 55.7 Å². The molecule has 4 bridgehead atoms. The van der Waals surface area contributed by atoms with E-state index in [1.165, 1.54) is 31.4 Å². The van der Waals surface area contributed by atoms with E-state index in [4.69, 9.17) is 0 Å². The number of halogens is 2. The molecule has 2 aromatic carbocycles. The summed E-state index contributed by atoms with van der Waals surface area (Å²) in [7, 11) is 0. The lowest BCUT2D eigenvalue weighted by Crippen LogP contribution is -2.55. The number of benzene rings is 2. The van der Waals surface area contributed by atoms with Crippen LogP contribution in [0, 0.1) is 29.0 Å². The summed E-state index contributed by atoms with van der Waals surface area (Å²) >= 11 is 3.56. The molecule has 1 heterocycles. The largest absolute Gasteiger partial charge is 0.324 e. The number of nitrogens with zero attached hydrogens (tertiary/aromatic N) is 1. The third kappa shape index (κ3) is 3.30. The van der Waals surface area contributed by atoms with Gasteiger partial charge in [0, 0.05) is 15.7 Å². The quantitative estimate of drug-likeness (QED) is 0.581. The summed E-state index contributed by atoms with van der Waals surface area (Å²) in [5, 5.41) is 2.99. The van der Waals surface area contributed by atoms with Crippen molar-refractivity contribution in [2.45, 2.75) is 44.6 Å². The molecule has 4 fully saturated rings. The Morgan fingerprint density at radius 2 is 1.62 bits per heavy atom. The van der Waals surface area contributed by atoms with Crippen LogP contribution >= 0.6 is 15.9 Å². The summed E-state index contributed by atoms with van der Waals surface area (Å²) < 4.78 is 14.6. The predicted molar refractivity (Wildman–Crippen MR) is 123 cm³/mol. The Bertz CT molecular complexity index is 1060. The number of anilines is 1. The molecule has 1 unspecified atom stereocenters. The predicted octanol–water partition coefficient (Wildman–Crippen LogP) is 5.67. The van der Waals surface area contributed by atoms with E-state index in [1.54, 1.807) is 17.0 Å². The Kier molecular flexibility index (Phi) is 4.72. The number of hydrogen-bond donors (Lipinski definition) is 1. The minimum atomic E-state index is -0.442. The van der Waals surface area contributed by atoms with E-state index in [2.05, 4.69) is 21.2 Å². The minimum Gasteiger partial charge on any atom is -0.324 e. The van der Waals surface area contributed by atoms with Gasteiger partial charge in [-0.15, -0.1) is 0 Å². The zero-order valence-corrected chi connectivity index (χ0v) is 19.4. The SMILES string of the molecule is O=C1CN(C(=O)C23CC4CC(CC(C4)C2)C3)C(c2ccc(F)cc2)c2cc(Br)ccc2N1. The van der Waals surface area contributed by atoms with E-state index in [1.807, 2.05) is 18.2 Å². The molecule has 166 valence electrons. The Hall–Kier alpha value is -2.21. The Balaban J connectivity index is 1.47. The number of hydrogen-bond acceptors (Lipinski definition) is 2. The summed E-state index contributed by atoms with van der Waals surface area (Å²) in [6.07, 6.45) is 6.59. The van der Waals surface area contributed by atoms with Crippen LogP contribution < -0.4 is 5.32 Å². The number of fused-ring (bicyclic) bond motifs is 1. The Labute approximate surface area is 195 Å². The van der Waals surface area contributed by atoms with Gasteiger partial charge in [0.2, 0.25) is 11.8 Å². The second-order valence-corrected chi connectivity index (χ2v) is 11.3. The molecular weight excluding hydrogens is 471 g/mol. The van der Waals surface area contributed by atoms with Crippen LogP contribution in [0.2, 0.25) is 0 Å². The number of carbonyl (C=O) groups is 2. The summed E-state index contributed by atoms with van der Waals surface area (Å²) in [5.74, 6) is 1.51. The summed E-state index contributed by atoms with van der Waals surface area (Å²) in [4.78, 5) is 29.1. The third-order valence-electron chi connectivity index (χ3n) is 8.15. The molecule has 4 saturated carbocycles. The second kappa shape index (κ2) is 7.41. The smallest absolute Gasteiger partial charge is 0.244 e. The van der Waals surface area contributed by atoms with Crippen molar-refractivity contribution in [2.24, 2.45) is 23.2 Å². The number of amides is 2. The van der Waals surface area contributed by atoms with Gasteiger partial charge in [-0.25, -0.2) is 4.39 Å². The molecule has 0 spiro atoms. The zero-order chi connectivity index (χ0) is 22.0. The van der Waals surface area contributed by atoms with E-state index >= 15 is 0 Å². The molecule has 1 aliphatic heterocycles. The molecule has 5 aliphatic rings. The second-order valence-electron chi connectivity index (χ2n) is 10.4. The van der Waals surface area contributed by atoms with Crippen molar-refractivity contribution < 1.29 is 14.0 Å². The highest BCUT2D eigenvalue weighted by atomic mass is 79.9. The lowest BCUT2D eigenvalue weighted by Gasteiger charge is -2.57.